The summed E-state index contributed by atoms with van der Waals surface area (Å²) in [4.78, 5) is 2.45. The largest absolute Gasteiger partial charge is 0.454 e. The summed E-state index contributed by atoms with van der Waals surface area (Å²) in [7, 11) is 0. The quantitative estimate of drug-likeness (QED) is 0.160. The third-order valence-electron chi connectivity index (χ3n) is 11.2. The van der Waals surface area contributed by atoms with Crippen LogP contribution in [-0.2, 0) is 0 Å². The minimum Gasteiger partial charge on any atom is -0.454 e. The van der Waals surface area contributed by atoms with Gasteiger partial charge in [-0.25, -0.2) is 0 Å². The average molecular weight is 714 g/mol. The molecule has 11 rings (SSSR count). The van der Waals surface area contributed by atoms with Gasteiger partial charge < -0.3 is 9.32 Å². The van der Waals surface area contributed by atoms with E-state index in [1.165, 1.54) is 60.1 Å². The van der Waals surface area contributed by atoms with Gasteiger partial charge in [0.1, 0.15) is 5.58 Å². The van der Waals surface area contributed by atoms with Crippen molar-refractivity contribution >= 4 is 71.3 Å². The molecule has 262 valence electrons. The van der Waals surface area contributed by atoms with Crippen molar-refractivity contribution in [2.24, 2.45) is 0 Å². The summed E-state index contributed by atoms with van der Waals surface area (Å²) >= 11 is 0. The van der Waals surface area contributed by atoms with Crippen molar-refractivity contribution < 1.29 is 4.42 Å². The number of hydrogen-bond donors (Lipinski definition) is 0. The number of nitrogens with zero attached hydrogens (tertiary/aromatic N) is 1. The highest BCUT2D eigenvalue weighted by molar-refractivity contribution is 6.25. The number of anilines is 3. The number of hydrogen-bond acceptors (Lipinski definition) is 2. The van der Waals surface area contributed by atoms with E-state index < -0.39 is 0 Å². The smallest absolute Gasteiger partial charge is 0.159 e. The summed E-state index contributed by atoms with van der Waals surface area (Å²) in [6, 6.07) is 76.5. The predicted molar refractivity (Wildman–Crippen MR) is 237 cm³/mol. The Hall–Kier alpha value is -7.42. The van der Waals surface area contributed by atoms with Gasteiger partial charge in [0.15, 0.2) is 5.58 Å². The number of benzene rings is 10. The van der Waals surface area contributed by atoms with Gasteiger partial charge in [0.05, 0.1) is 11.4 Å². The Bertz CT molecular complexity index is 3240. The van der Waals surface area contributed by atoms with Crippen LogP contribution < -0.4 is 4.90 Å². The Labute approximate surface area is 325 Å². The molecule has 0 N–H and O–H groups in total. The fourth-order valence-electron chi connectivity index (χ4n) is 8.68. The van der Waals surface area contributed by atoms with Crippen molar-refractivity contribution in [2.75, 3.05) is 4.90 Å². The lowest BCUT2D eigenvalue weighted by Gasteiger charge is -2.31. The zero-order valence-electron chi connectivity index (χ0n) is 30.6. The molecule has 0 atom stereocenters. The highest BCUT2D eigenvalue weighted by atomic mass is 16.3. The second-order valence-corrected chi connectivity index (χ2v) is 14.4. The van der Waals surface area contributed by atoms with Gasteiger partial charge in [-0.1, -0.05) is 182 Å². The molecule has 0 saturated heterocycles. The van der Waals surface area contributed by atoms with Crippen LogP contribution in [0.15, 0.2) is 217 Å². The van der Waals surface area contributed by atoms with E-state index in [4.69, 9.17) is 4.42 Å². The maximum absolute atomic E-state index is 6.83. The minimum atomic E-state index is 0.856. The number of rotatable bonds is 6. The Morgan fingerprint density at radius 1 is 0.339 bits per heavy atom. The van der Waals surface area contributed by atoms with Gasteiger partial charge in [0.25, 0.3) is 0 Å². The third-order valence-corrected chi connectivity index (χ3v) is 11.2. The molecule has 0 aliphatic rings. The SMILES string of the molecule is c1ccc(-c2cccc(-c3ccc(N(c4c(-c5cccc6ccccc56)c5ccccc5c5ccccc45)c4cccc5c4oc4ccccc45)cc3)c2)cc1. The first kappa shape index (κ1) is 32.0. The van der Waals surface area contributed by atoms with Crippen LogP contribution in [-0.4, -0.2) is 0 Å². The summed E-state index contributed by atoms with van der Waals surface area (Å²) in [5, 5.41) is 9.43. The normalized spacial score (nSPS) is 11.6. The first-order valence-corrected chi connectivity index (χ1v) is 19.2. The maximum Gasteiger partial charge on any atom is 0.159 e. The molecule has 10 aromatic carbocycles. The Morgan fingerprint density at radius 3 is 1.66 bits per heavy atom. The van der Waals surface area contributed by atoms with Crippen molar-refractivity contribution in [2.45, 2.75) is 0 Å². The van der Waals surface area contributed by atoms with Crippen LogP contribution in [0.5, 0.6) is 0 Å². The third kappa shape index (κ3) is 5.19. The first-order chi connectivity index (χ1) is 27.8. The van der Waals surface area contributed by atoms with Crippen LogP contribution in [0.3, 0.4) is 0 Å². The topological polar surface area (TPSA) is 16.4 Å². The van der Waals surface area contributed by atoms with Crippen LogP contribution in [0.25, 0.3) is 87.6 Å². The van der Waals surface area contributed by atoms with E-state index in [0.29, 0.717) is 0 Å². The van der Waals surface area contributed by atoms with Crippen LogP contribution in [0.2, 0.25) is 0 Å². The van der Waals surface area contributed by atoms with Crippen molar-refractivity contribution in [3.05, 3.63) is 212 Å². The Balaban J connectivity index is 1.23. The molecule has 0 aliphatic carbocycles. The summed E-state index contributed by atoms with van der Waals surface area (Å²) < 4.78 is 6.83. The van der Waals surface area contributed by atoms with Crippen LogP contribution in [0, 0.1) is 0 Å². The second kappa shape index (κ2) is 13.2. The molecule has 0 spiro atoms. The molecule has 2 nitrogen and oxygen atoms in total. The lowest BCUT2D eigenvalue weighted by atomic mass is 9.88. The lowest BCUT2D eigenvalue weighted by Crippen LogP contribution is -2.12. The highest BCUT2D eigenvalue weighted by Gasteiger charge is 2.27. The van der Waals surface area contributed by atoms with E-state index in [1.807, 2.05) is 6.07 Å². The van der Waals surface area contributed by atoms with Gasteiger partial charge in [-0.2, -0.15) is 0 Å². The van der Waals surface area contributed by atoms with Crippen molar-refractivity contribution in [3.8, 4) is 33.4 Å². The van der Waals surface area contributed by atoms with Gasteiger partial charge in [-0.3, -0.25) is 0 Å². The van der Waals surface area contributed by atoms with Gasteiger partial charge in [-0.15, -0.1) is 0 Å². The van der Waals surface area contributed by atoms with Gasteiger partial charge in [0.2, 0.25) is 0 Å². The molecule has 0 unspecified atom stereocenters. The number of fused-ring (bicyclic) bond motifs is 7. The summed E-state index contributed by atoms with van der Waals surface area (Å²) in [5.41, 5.74) is 12.0. The standard InChI is InChI=1S/C54H35NO/c1-2-15-36(16-3-1)39-19-12-20-40(35-39)37-31-33-41(34-32-37)55(50-29-14-28-49-45-24-10-11-30-51(45)56-54(49)50)53-48-26-9-7-23-44(48)43-22-6-8-25-47(43)52(53)46-27-13-18-38-17-4-5-21-42(38)46/h1-35H. The monoisotopic (exact) mass is 713 g/mol. The lowest BCUT2D eigenvalue weighted by molar-refractivity contribution is 0.669. The summed E-state index contributed by atoms with van der Waals surface area (Å²) in [6.45, 7) is 0. The van der Waals surface area contributed by atoms with Crippen LogP contribution >= 0.6 is 0 Å². The Morgan fingerprint density at radius 2 is 0.875 bits per heavy atom. The van der Waals surface area contributed by atoms with Crippen LogP contribution in [0.1, 0.15) is 0 Å². The molecular formula is C54H35NO. The summed E-state index contributed by atoms with van der Waals surface area (Å²) in [6.07, 6.45) is 0. The molecule has 1 heterocycles. The van der Waals surface area contributed by atoms with Gasteiger partial charge in [-0.05, 0) is 85.1 Å². The molecule has 0 aliphatic heterocycles. The molecule has 0 fully saturated rings. The van der Waals surface area contributed by atoms with E-state index in [2.05, 4.69) is 211 Å². The molecule has 0 amide bonds. The van der Waals surface area contributed by atoms with Gasteiger partial charge >= 0.3 is 0 Å². The predicted octanol–water partition coefficient (Wildman–Crippen LogP) is 15.5. The molecule has 56 heavy (non-hydrogen) atoms. The maximum atomic E-state index is 6.83. The fourth-order valence-corrected chi connectivity index (χ4v) is 8.68. The molecule has 0 saturated carbocycles. The Kier molecular flexibility index (Phi) is 7.53. The van der Waals surface area contributed by atoms with E-state index >= 15 is 0 Å². The van der Waals surface area contributed by atoms with Crippen molar-refractivity contribution in [1.29, 1.82) is 0 Å². The number of para-hydroxylation sites is 2. The zero-order chi connectivity index (χ0) is 37.0. The van der Waals surface area contributed by atoms with Crippen LogP contribution in [0.4, 0.5) is 17.1 Å². The molecule has 0 bridgehead atoms. The first-order valence-electron chi connectivity index (χ1n) is 19.2. The molecule has 11 aromatic rings. The molecular weight excluding hydrogens is 679 g/mol. The van der Waals surface area contributed by atoms with E-state index in [-0.39, 0.29) is 0 Å². The van der Waals surface area contributed by atoms with E-state index in [1.54, 1.807) is 0 Å². The van der Waals surface area contributed by atoms with Crippen molar-refractivity contribution in [1.82, 2.24) is 0 Å². The highest BCUT2D eigenvalue weighted by Crippen LogP contribution is 2.52. The number of furan rings is 1. The van der Waals surface area contributed by atoms with E-state index in [9.17, 15) is 0 Å². The summed E-state index contributed by atoms with van der Waals surface area (Å²) in [5.74, 6) is 0. The fraction of sp³-hybridized carbons (Fsp3) is 0. The molecule has 2 heteroatoms. The zero-order valence-corrected chi connectivity index (χ0v) is 30.6. The minimum absolute atomic E-state index is 0.856. The van der Waals surface area contributed by atoms with E-state index in [0.717, 1.165) is 44.6 Å². The molecule has 0 radical (unpaired) electrons. The van der Waals surface area contributed by atoms with Gasteiger partial charge in [0, 0.05) is 27.4 Å². The average Bonchev–Trinajstić information content (AvgIpc) is 3.66. The second-order valence-electron chi connectivity index (χ2n) is 14.4. The molecule has 1 aromatic heterocycles. The van der Waals surface area contributed by atoms with Crippen molar-refractivity contribution in [3.63, 3.8) is 0 Å².